The number of hydrogen-bond acceptors (Lipinski definition) is 8. The van der Waals surface area contributed by atoms with Crippen LogP contribution in [0.5, 0.6) is 5.75 Å². The first kappa shape index (κ1) is 24.5. The molecule has 0 bridgehead atoms. The quantitative estimate of drug-likeness (QED) is 0.289. The third kappa shape index (κ3) is 7.78. The summed E-state index contributed by atoms with van der Waals surface area (Å²) in [5.74, 6) is -0.733. The predicted molar refractivity (Wildman–Crippen MR) is 115 cm³/mol. The molecule has 0 saturated carbocycles. The molecule has 2 amide bonds. The van der Waals surface area contributed by atoms with Gasteiger partial charge >= 0.3 is 5.97 Å². The number of carbonyl (C=O) groups is 3. The highest BCUT2D eigenvalue weighted by atomic mass is 32.1. The van der Waals surface area contributed by atoms with Crippen molar-refractivity contribution in [3.8, 4) is 5.75 Å². The van der Waals surface area contributed by atoms with Gasteiger partial charge in [0.25, 0.3) is 5.91 Å². The van der Waals surface area contributed by atoms with Gasteiger partial charge in [0.1, 0.15) is 25.0 Å². The molecule has 2 N–H and O–H groups in total. The van der Waals surface area contributed by atoms with Crippen LogP contribution in [-0.2, 0) is 23.8 Å². The molecule has 1 aromatic carbocycles. The van der Waals surface area contributed by atoms with Crippen LogP contribution in [0.3, 0.4) is 0 Å². The van der Waals surface area contributed by atoms with Crippen molar-refractivity contribution in [2.45, 2.75) is 12.5 Å². The Morgan fingerprint density at radius 1 is 1.13 bits per heavy atom. The number of esters is 1. The predicted octanol–water partition coefficient (Wildman–Crippen LogP) is 0.107. The molecule has 1 atom stereocenters. The van der Waals surface area contributed by atoms with Crippen LogP contribution in [-0.4, -0.2) is 87.6 Å². The van der Waals surface area contributed by atoms with Crippen molar-refractivity contribution in [1.82, 2.24) is 15.5 Å². The van der Waals surface area contributed by atoms with Gasteiger partial charge in [0.05, 0.1) is 19.6 Å². The Morgan fingerprint density at radius 2 is 1.81 bits per heavy atom. The lowest BCUT2D eigenvalue weighted by atomic mass is 10.1. The zero-order valence-electron chi connectivity index (χ0n) is 17.5. The molecular weight excluding hydrogens is 426 g/mol. The summed E-state index contributed by atoms with van der Waals surface area (Å²) in [6.45, 7) is 1.91. The van der Waals surface area contributed by atoms with Crippen LogP contribution in [0.25, 0.3) is 0 Å². The molecular formula is C20H27N3O7S. The molecule has 0 spiro atoms. The van der Waals surface area contributed by atoms with E-state index in [1.165, 1.54) is 12.0 Å². The molecule has 31 heavy (non-hydrogen) atoms. The van der Waals surface area contributed by atoms with Gasteiger partial charge in [-0.1, -0.05) is 0 Å². The van der Waals surface area contributed by atoms with E-state index in [1.54, 1.807) is 31.4 Å². The second-order valence-corrected chi connectivity index (χ2v) is 6.93. The van der Waals surface area contributed by atoms with E-state index < -0.39 is 17.9 Å². The Kier molecular flexibility index (Phi) is 10.1. The third-order valence-corrected chi connectivity index (χ3v) is 4.73. The number of nitrogens with zero attached hydrogens (tertiary/aromatic N) is 1. The molecule has 170 valence electrons. The molecule has 1 aliphatic heterocycles. The van der Waals surface area contributed by atoms with Crippen LogP contribution in [0.1, 0.15) is 16.8 Å². The largest absolute Gasteiger partial charge is 0.491 e. The maximum Gasteiger partial charge on any atom is 0.308 e. The van der Waals surface area contributed by atoms with Gasteiger partial charge < -0.3 is 29.2 Å². The fraction of sp³-hybridized carbons (Fsp3) is 0.500. The highest BCUT2D eigenvalue weighted by molar-refractivity contribution is 7.80. The van der Waals surface area contributed by atoms with Crippen LogP contribution >= 0.6 is 12.2 Å². The van der Waals surface area contributed by atoms with E-state index in [0.717, 1.165) is 0 Å². The van der Waals surface area contributed by atoms with Gasteiger partial charge in [-0.15, -0.1) is 0 Å². The maximum absolute atomic E-state index is 12.6. The fourth-order valence-corrected chi connectivity index (χ4v) is 3.11. The van der Waals surface area contributed by atoms with Crippen molar-refractivity contribution >= 4 is 35.1 Å². The summed E-state index contributed by atoms with van der Waals surface area (Å²) < 4.78 is 20.3. The summed E-state index contributed by atoms with van der Waals surface area (Å²) in [6.07, 6.45) is -0.195. The summed E-state index contributed by atoms with van der Waals surface area (Å²) in [7, 11) is 3.08. The van der Waals surface area contributed by atoms with Crippen molar-refractivity contribution in [2.24, 2.45) is 0 Å². The van der Waals surface area contributed by atoms with Crippen molar-refractivity contribution in [1.29, 1.82) is 0 Å². The van der Waals surface area contributed by atoms with Crippen molar-refractivity contribution in [2.75, 3.05) is 53.7 Å². The zero-order valence-corrected chi connectivity index (χ0v) is 18.4. The average Bonchev–Trinajstić information content (AvgIpc) is 2.76. The van der Waals surface area contributed by atoms with Crippen molar-refractivity contribution < 1.29 is 33.3 Å². The molecule has 1 aliphatic rings. The SMILES string of the molecule is COCCOC(=O)CC1C(=O)NCCN1C(=S)NC(=O)c1ccc(OCCOC)cc1. The first-order valence-electron chi connectivity index (χ1n) is 9.72. The fourth-order valence-electron chi connectivity index (χ4n) is 2.80. The summed E-state index contributed by atoms with van der Waals surface area (Å²) in [5, 5.41) is 5.38. The smallest absolute Gasteiger partial charge is 0.308 e. The number of ether oxygens (including phenoxy) is 4. The van der Waals surface area contributed by atoms with Gasteiger partial charge in [-0.2, -0.15) is 0 Å². The molecule has 0 aliphatic carbocycles. The molecule has 1 unspecified atom stereocenters. The monoisotopic (exact) mass is 453 g/mol. The van der Waals surface area contributed by atoms with Crippen molar-refractivity contribution in [3.63, 3.8) is 0 Å². The number of methoxy groups -OCH3 is 2. The van der Waals surface area contributed by atoms with E-state index in [1.807, 2.05) is 0 Å². The molecule has 10 nitrogen and oxygen atoms in total. The Balaban J connectivity index is 1.95. The lowest BCUT2D eigenvalue weighted by Crippen LogP contribution is -2.60. The second kappa shape index (κ2) is 12.8. The molecule has 1 saturated heterocycles. The van der Waals surface area contributed by atoms with E-state index in [2.05, 4.69) is 10.6 Å². The lowest BCUT2D eigenvalue weighted by molar-refractivity contribution is -0.148. The third-order valence-electron chi connectivity index (χ3n) is 4.40. The normalized spacial score (nSPS) is 15.7. The standard InChI is InChI=1S/C20H27N3O7S/c1-27-9-11-29-15-5-3-14(4-6-15)18(25)22-20(31)23-8-7-21-19(26)16(23)13-17(24)30-12-10-28-2/h3-6,16H,7-13H2,1-2H3,(H,21,26)(H,22,25,31). The first-order chi connectivity index (χ1) is 15.0. The van der Waals surface area contributed by atoms with Gasteiger partial charge in [-0.3, -0.25) is 19.7 Å². The summed E-state index contributed by atoms with van der Waals surface area (Å²) in [4.78, 5) is 38.4. The number of piperazine rings is 1. The maximum atomic E-state index is 12.6. The Morgan fingerprint density at radius 3 is 2.48 bits per heavy atom. The first-order valence-corrected chi connectivity index (χ1v) is 10.1. The molecule has 11 heteroatoms. The summed E-state index contributed by atoms with van der Waals surface area (Å²) in [5.41, 5.74) is 0.374. The van der Waals surface area contributed by atoms with Crippen LogP contribution in [0.15, 0.2) is 24.3 Å². The van der Waals surface area contributed by atoms with Gasteiger partial charge in [-0.25, -0.2) is 0 Å². The molecule has 1 aromatic rings. The minimum atomic E-state index is -0.867. The van der Waals surface area contributed by atoms with Crippen LogP contribution in [0.2, 0.25) is 0 Å². The van der Waals surface area contributed by atoms with Crippen LogP contribution < -0.4 is 15.4 Å². The number of rotatable bonds is 10. The topological polar surface area (TPSA) is 115 Å². The minimum absolute atomic E-state index is 0.0648. The Hall–Kier alpha value is -2.76. The van der Waals surface area contributed by atoms with Gasteiger partial charge in [0.15, 0.2) is 5.11 Å². The Bertz CT molecular complexity index is 773. The van der Waals surface area contributed by atoms with E-state index in [4.69, 9.17) is 31.2 Å². The number of hydrogen-bond donors (Lipinski definition) is 2. The van der Waals surface area contributed by atoms with Gasteiger partial charge in [0.2, 0.25) is 5.91 Å². The second-order valence-electron chi connectivity index (χ2n) is 6.54. The van der Waals surface area contributed by atoms with Gasteiger partial charge in [0, 0.05) is 32.9 Å². The lowest BCUT2D eigenvalue weighted by Gasteiger charge is -2.36. The minimum Gasteiger partial charge on any atom is -0.491 e. The number of amides is 2. The number of nitrogens with one attached hydrogen (secondary N) is 2. The highest BCUT2D eigenvalue weighted by Crippen LogP contribution is 2.14. The van der Waals surface area contributed by atoms with Crippen LogP contribution in [0.4, 0.5) is 0 Å². The van der Waals surface area contributed by atoms with E-state index in [9.17, 15) is 14.4 Å². The molecule has 0 radical (unpaired) electrons. The number of carbonyl (C=O) groups excluding carboxylic acids is 3. The number of thiocarbonyl (C=S) groups is 1. The van der Waals surface area contributed by atoms with Crippen molar-refractivity contribution in [3.05, 3.63) is 29.8 Å². The molecule has 1 fully saturated rings. The molecule has 1 heterocycles. The van der Waals surface area contributed by atoms with Crippen LogP contribution in [0, 0.1) is 0 Å². The van der Waals surface area contributed by atoms with E-state index >= 15 is 0 Å². The molecule has 2 rings (SSSR count). The number of benzene rings is 1. The summed E-state index contributed by atoms with van der Waals surface area (Å²) >= 11 is 5.34. The van der Waals surface area contributed by atoms with Gasteiger partial charge in [-0.05, 0) is 36.5 Å². The highest BCUT2D eigenvalue weighted by Gasteiger charge is 2.34. The molecule has 0 aromatic heterocycles. The Labute approximate surface area is 186 Å². The zero-order chi connectivity index (χ0) is 22.6. The van der Waals surface area contributed by atoms with E-state index in [-0.39, 0.29) is 30.7 Å². The average molecular weight is 454 g/mol. The summed E-state index contributed by atoms with van der Waals surface area (Å²) in [6, 6.07) is 5.68. The van der Waals surface area contributed by atoms with E-state index in [0.29, 0.717) is 37.6 Å².